The third kappa shape index (κ3) is 4.53. The van der Waals surface area contributed by atoms with E-state index in [0.29, 0.717) is 16.0 Å². The minimum absolute atomic E-state index is 0.134. The van der Waals surface area contributed by atoms with Crippen LogP contribution in [0.15, 0.2) is 42.5 Å². The highest BCUT2D eigenvalue weighted by Gasteiger charge is 2.40. The first-order valence-electron chi connectivity index (χ1n) is 11.9. The average molecular weight is 464 g/mol. The predicted molar refractivity (Wildman–Crippen MR) is 132 cm³/mol. The van der Waals surface area contributed by atoms with Gasteiger partial charge in [-0.3, -0.25) is 4.79 Å². The molecule has 5 rings (SSSR count). The molecule has 3 aliphatic heterocycles. The van der Waals surface area contributed by atoms with Crippen LogP contribution in [-0.2, 0) is 0 Å². The van der Waals surface area contributed by atoms with Gasteiger partial charge in [0, 0.05) is 69.3 Å². The van der Waals surface area contributed by atoms with Crippen molar-refractivity contribution < 1.29 is 4.79 Å². The van der Waals surface area contributed by atoms with E-state index in [2.05, 4.69) is 33.3 Å². The molecule has 0 bridgehead atoms. The Morgan fingerprint density at radius 3 is 2.18 bits per heavy atom. The van der Waals surface area contributed by atoms with Gasteiger partial charge in [0.2, 0.25) is 0 Å². The number of benzene rings is 2. The van der Waals surface area contributed by atoms with E-state index in [0.717, 1.165) is 76.5 Å². The smallest absolute Gasteiger partial charge is 0.253 e. The number of anilines is 2. The predicted octanol–water partition coefficient (Wildman–Crippen LogP) is 3.75. The zero-order chi connectivity index (χ0) is 22.8. The van der Waals surface area contributed by atoms with Crippen molar-refractivity contribution >= 4 is 28.9 Å². The number of nitriles is 1. The van der Waals surface area contributed by atoms with E-state index >= 15 is 0 Å². The summed E-state index contributed by atoms with van der Waals surface area (Å²) in [4.78, 5) is 19.5. The fraction of sp³-hybridized carbons (Fsp3) is 0.462. The van der Waals surface area contributed by atoms with Crippen molar-refractivity contribution in [3.8, 4) is 6.07 Å². The molecule has 2 aromatic carbocycles. The fourth-order valence-corrected chi connectivity index (χ4v) is 5.68. The quantitative estimate of drug-likeness (QED) is 0.751. The number of hydrogen-bond donors (Lipinski definition) is 1. The summed E-state index contributed by atoms with van der Waals surface area (Å²) in [6, 6.07) is 16.1. The van der Waals surface area contributed by atoms with Crippen LogP contribution in [0, 0.1) is 16.7 Å². The lowest BCUT2D eigenvalue weighted by Gasteiger charge is -2.40. The summed E-state index contributed by atoms with van der Waals surface area (Å²) in [5.74, 6) is 0.134. The van der Waals surface area contributed by atoms with E-state index in [9.17, 15) is 4.79 Å². The van der Waals surface area contributed by atoms with Gasteiger partial charge in [-0.05, 0) is 67.1 Å². The Balaban J connectivity index is 1.18. The first kappa shape index (κ1) is 22.1. The lowest BCUT2D eigenvalue weighted by molar-refractivity contribution is 0.0736. The highest BCUT2D eigenvalue weighted by Crippen LogP contribution is 2.43. The summed E-state index contributed by atoms with van der Waals surface area (Å²) in [5, 5.41) is 12.9. The SMILES string of the molecule is N#Cc1ccc(N2CCC3(CCN(c4ccc(C(=O)N5CCNCC5)cc4)CC3)C2)cc1Cl. The lowest BCUT2D eigenvalue weighted by atomic mass is 9.77. The van der Waals surface area contributed by atoms with E-state index < -0.39 is 0 Å². The van der Waals surface area contributed by atoms with Gasteiger partial charge in [0.25, 0.3) is 5.91 Å². The van der Waals surface area contributed by atoms with Gasteiger partial charge >= 0.3 is 0 Å². The molecule has 1 amide bonds. The standard InChI is InChI=1S/C26H30ClN5O/c27-24-17-23(6-3-21(24)18-28)32-14-9-26(19-32)7-12-30(13-8-26)22-4-1-20(2-5-22)25(33)31-15-10-29-11-16-31/h1-6,17,29H,7-16,19H2. The Bertz CT molecular complexity index is 1050. The third-order valence-electron chi connectivity index (χ3n) is 7.58. The second-order valence-corrected chi connectivity index (χ2v) is 9.93. The van der Waals surface area contributed by atoms with Gasteiger partial charge < -0.3 is 20.0 Å². The van der Waals surface area contributed by atoms with E-state index in [-0.39, 0.29) is 5.91 Å². The fourth-order valence-electron chi connectivity index (χ4n) is 5.46. The Morgan fingerprint density at radius 1 is 0.909 bits per heavy atom. The van der Waals surface area contributed by atoms with Gasteiger partial charge in [-0.25, -0.2) is 0 Å². The van der Waals surface area contributed by atoms with Crippen LogP contribution in [-0.4, -0.2) is 63.2 Å². The van der Waals surface area contributed by atoms with Crippen molar-refractivity contribution in [1.82, 2.24) is 10.2 Å². The lowest BCUT2D eigenvalue weighted by Crippen LogP contribution is -2.46. The molecular formula is C26H30ClN5O. The molecule has 0 aliphatic carbocycles. The molecular weight excluding hydrogens is 434 g/mol. The molecule has 3 heterocycles. The summed E-state index contributed by atoms with van der Waals surface area (Å²) >= 11 is 6.26. The van der Waals surface area contributed by atoms with Crippen molar-refractivity contribution in [2.45, 2.75) is 19.3 Å². The topological polar surface area (TPSA) is 62.6 Å². The number of carbonyl (C=O) groups excluding carboxylic acids is 1. The average Bonchev–Trinajstić information content (AvgIpc) is 3.28. The molecule has 0 saturated carbocycles. The molecule has 7 heteroatoms. The minimum Gasteiger partial charge on any atom is -0.371 e. The van der Waals surface area contributed by atoms with Crippen LogP contribution in [0.3, 0.4) is 0 Å². The maximum absolute atomic E-state index is 12.7. The highest BCUT2D eigenvalue weighted by molar-refractivity contribution is 6.32. The molecule has 33 heavy (non-hydrogen) atoms. The number of rotatable bonds is 3. The van der Waals surface area contributed by atoms with Crippen molar-refractivity contribution in [3.63, 3.8) is 0 Å². The largest absolute Gasteiger partial charge is 0.371 e. The molecule has 1 spiro atoms. The van der Waals surface area contributed by atoms with Crippen LogP contribution in [0.25, 0.3) is 0 Å². The number of piperazine rings is 1. The van der Waals surface area contributed by atoms with E-state index in [1.165, 1.54) is 12.1 Å². The van der Waals surface area contributed by atoms with Gasteiger partial charge in [-0.1, -0.05) is 11.6 Å². The van der Waals surface area contributed by atoms with E-state index in [4.69, 9.17) is 16.9 Å². The summed E-state index contributed by atoms with van der Waals surface area (Å²) < 4.78 is 0. The van der Waals surface area contributed by atoms with Gasteiger partial charge in [-0.15, -0.1) is 0 Å². The van der Waals surface area contributed by atoms with Crippen molar-refractivity contribution in [2.75, 3.05) is 62.2 Å². The van der Waals surface area contributed by atoms with Gasteiger partial charge in [0.15, 0.2) is 0 Å². The Labute approximate surface area is 200 Å². The molecule has 3 fully saturated rings. The summed E-state index contributed by atoms with van der Waals surface area (Å²) in [5.41, 5.74) is 3.97. The maximum Gasteiger partial charge on any atom is 0.253 e. The molecule has 0 radical (unpaired) electrons. The number of hydrogen-bond acceptors (Lipinski definition) is 5. The first-order chi connectivity index (χ1) is 16.1. The van der Waals surface area contributed by atoms with Crippen molar-refractivity contribution in [3.05, 3.63) is 58.6 Å². The molecule has 6 nitrogen and oxygen atoms in total. The van der Waals surface area contributed by atoms with E-state index in [1.807, 2.05) is 35.2 Å². The second kappa shape index (κ2) is 9.24. The Morgan fingerprint density at radius 2 is 1.55 bits per heavy atom. The molecule has 0 atom stereocenters. The normalized spacial score (nSPS) is 20.2. The molecule has 1 N–H and O–H groups in total. The Hall–Kier alpha value is -2.75. The van der Waals surface area contributed by atoms with Crippen LogP contribution >= 0.6 is 11.6 Å². The number of nitrogens with one attached hydrogen (secondary N) is 1. The Kier molecular flexibility index (Phi) is 6.18. The second-order valence-electron chi connectivity index (χ2n) is 9.52. The van der Waals surface area contributed by atoms with Crippen LogP contribution in [0.5, 0.6) is 0 Å². The van der Waals surface area contributed by atoms with Crippen LogP contribution in [0.1, 0.15) is 35.2 Å². The van der Waals surface area contributed by atoms with Gasteiger partial charge in [0.1, 0.15) is 6.07 Å². The third-order valence-corrected chi connectivity index (χ3v) is 7.90. The van der Waals surface area contributed by atoms with Gasteiger partial charge in [0.05, 0.1) is 10.6 Å². The minimum atomic E-state index is 0.134. The van der Waals surface area contributed by atoms with Crippen molar-refractivity contribution in [2.24, 2.45) is 5.41 Å². The van der Waals surface area contributed by atoms with Crippen LogP contribution in [0.4, 0.5) is 11.4 Å². The molecule has 2 aromatic rings. The number of amides is 1. The summed E-state index contributed by atoms with van der Waals surface area (Å²) in [6.07, 6.45) is 3.51. The number of halogens is 1. The molecule has 0 unspecified atom stereocenters. The first-order valence-corrected chi connectivity index (χ1v) is 12.2. The molecule has 172 valence electrons. The van der Waals surface area contributed by atoms with Crippen molar-refractivity contribution in [1.29, 1.82) is 5.26 Å². The zero-order valence-corrected chi connectivity index (χ0v) is 19.7. The van der Waals surface area contributed by atoms with Crippen LogP contribution < -0.4 is 15.1 Å². The van der Waals surface area contributed by atoms with Crippen LogP contribution in [0.2, 0.25) is 5.02 Å². The van der Waals surface area contributed by atoms with Gasteiger partial charge in [-0.2, -0.15) is 5.26 Å². The molecule has 3 saturated heterocycles. The highest BCUT2D eigenvalue weighted by atomic mass is 35.5. The zero-order valence-electron chi connectivity index (χ0n) is 18.9. The summed E-state index contributed by atoms with van der Waals surface area (Å²) in [7, 11) is 0. The molecule has 0 aromatic heterocycles. The maximum atomic E-state index is 12.7. The number of carbonyl (C=O) groups is 1. The number of piperidine rings is 1. The number of nitrogens with zero attached hydrogens (tertiary/aromatic N) is 4. The van der Waals surface area contributed by atoms with E-state index in [1.54, 1.807) is 0 Å². The summed E-state index contributed by atoms with van der Waals surface area (Å²) in [6.45, 7) is 7.44. The molecule has 3 aliphatic rings. The monoisotopic (exact) mass is 463 g/mol.